The van der Waals surface area contributed by atoms with E-state index in [4.69, 9.17) is 11.2 Å². The summed E-state index contributed by atoms with van der Waals surface area (Å²) >= 11 is 0. The maximum Gasteiger partial charge on any atom is 0.135 e. The molecule has 0 aromatic heterocycles. The summed E-state index contributed by atoms with van der Waals surface area (Å²) in [6.45, 7) is 4.01. The van der Waals surface area contributed by atoms with Crippen LogP contribution in [0, 0.1) is 12.3 Å². The standard InChI is InChI=1S/C12H14O2/c1-5-9-6-11(13)10(8(2)3)7-12(9)14-4/h1,6-8,13H,2-4H3. The van der Waals surface area contributed by atoms with Crippen LogP contribution in [0.15, 0.2) is 12.1 Å². The Morgan fingerprint density at radius 3 is 2.50 bits per heavy atom. The van der Waals surface area contributed by atoms with E-state index in [-0.39, 0.29) is 11.7 Å². The Hall–Kier alpha value is -1.62. The molecule has 2 nitrogen and oxygen atoms in total. The van der Waals surface area contributed by atoms with Gasteiger partial charge in [-0.25, -0.2) is 0 Å². The normalized spacial score (nSPS) is 9.93. The van der Waals surface area contributed by atoms with Gasteiger partial charge in [0.05, 0.1) is 12.7 Å². The molecule has 1 rings (SSSR count). The van der Waals surface area contributed by atoms with Crippen LogP contribution in [0.4, 0.5) is 0 Å². The molecule has 0 aliphatic carbocycles. The predicted octanol–water partition coefficient (Wildman–Crippen LogP) is 2.51. The highest BCUT2D eigenvalue weighted by Gasteiger charge is 2.10. The molecule has 0 aliphatic heterocycles. The summed E-state index contributed by atoms with van der Waals surface area (Å²) in [4.78, 5) is 0. The van der Waals surface area contributed by atoms with E-state index in [1.165, 1.54) is 0 Å². The fourth-order valence-corrected chi connectivity index (χ4v) is 1.33. The molecule has 14 heavy (non-hydrogen) atoms. The Balaban J connectivity index is 3.32. The van der Waals surface area contributed by atoms with E-state index < -0.39 is 0 Å². The van der Waals surface area contributed by atoms with E-state index in [1.807, 2.05) is 13.8 Å². The molecule has 0 fully saturated rings. The van der Waals surface area contributed by atoms with Gasteiger partial charge in [-0.3, -0.25) is 0 Å². The molecule has 0 saturated heterocycles. The van der Waals surface area contributed by atoms with Gasteiger partial charge >= 0.3 is 0 Å². The van der Waals surface area contributed by atoms with Crippen LogP contribution in [0.25, 0.3) is 0 Å². The van der Waals surface area contributed by atoms with Gasteiger partial charge in [0, 0.05) is 5.56 Å². The van der Waals surface area contributed by atoms with Gasteiger partial charge < -0.3 is 9.84 Å². The molecule has 0 radical (unpaired) electrons. The molecule has 0 atom stereocenters. The first kappa shape index (κ1) is 10.5. The average Bonchev–Trinajstić information content (AvgIpc) is 2.16. The lowest BCUT2D eigenvalue weighted by molar-refractivity contribution is 0.408. The highest BCUT2D eigenvalue weighted by molar-refractivity contribution is 5.53. The zero-order chi connectivity index (χ0) is 10.7. The van der Waals surface area contributed by atoms with E-state index in [9.17, 15) is 5.11 Å². The van der Waals surface area contributed by atoms with E-state index >= 15 is 0 Å². The third kappa shape index (κ3) is 1.82. The number of aromatic hydroxyl groups is 1. The van der Waals surface area contributed by atoms with Crippen molar-refractivity contribution in [3.8, 4) is 23.8 Å². The summed E-state index contributed by atoms with van der Waals surface area (Å²) in [5.41, 5.74) is 1.43. The number of benzene rings is 1. The van der Waals surface area contributed by atoms with Gasteiger partial charge in [0.15, 0.2) is 0 Å². The Morgan fingerprint density at radius 1 is 1.43 bits per heavy atom. The Labute approximate surface area is 84.5 Å². The zero-order valence-electron chi connectivity index (χ0n) is 8.66. The van der Waals surface area contributed by atoms with E-state index in [0.29, 0.717) is 11.3 Å². The SMILES string of the molecule is C#Cc1cc(O)c(C(C)C)cc1OC. The second kappa shape index (κ2) is 4.06. The number of hydrogen-bond acceptors (Lipinski definition) is 2. The Morgan fingerprint density at radius 2 is 2.07 bits per heavy atom. The van der Waals surface area contributed by atoms with Crippen LogP contribution in [-0.2, 0) is 0 Å². The van der Waals surface area contributed by atoms with Gasteiger partial charge in [0.25, 0.3) is 0 Å². The third-order valence-corrected chi connectivity index (χ3v) is 2.13. The number of hydrogen-bond donors (Lipinski definition) is 1. The molecule has 0 unspecified atom stereocenters. The molecule has 2 heteroatoms. The van der Waals surface area contributed by atoms with Crippen LogP contribution in [-0.4, -0.2) is 12.2 Å². The first-order valence-corrected chi connectivity index (χ1v) is 4.47. The lowest BCUT2D eigenvalue weighted by atomic mass is 9.99. The second-order valence-corrected chi connectivity index (χ2v) is 3.41. The van der Waals surface area contributed by atoms with Crippen molar-refractivity contribution in [3.63, 3.8) is 0 Å². The van der Waals surface area contributed by atoms with Crippen molar-refractivity contribution in [2.75, 3.05) is 7.11 Å². The molecule has 0 spiro atoms. The number of phenolic OH excluding ortho intramolecular Hbond substituents is 1. The Kier molecular flexibility index (Phi) is 3.03. The van der Waals surface area contributed by atoms with Crippen LogP contribution in [0.5, 0.6) is 11.5 Å². The average molecular weight is 190 g/mol. The van der Waals surface area contributed by atoms with Gasteiger partial charge in [0.1, 0.15) is 11.5 Å². The first-order valence-electron chi connectivity index (χ1n) is 4.47. The van der Waals surface area contributed by atoms with Gasteiger partial charge in [-0.05, 0) is 18.1 Å². The fraction of sp³-hybridized carbons (Fsp3) is 0.333. The summed E-state index contributed by atoms with van der Waals surface area (Å²) in [5.74, 6) is 3.58. The van der Waals surface area contributed by atoms with Crippen LogP contribution in [0.1, 0.15) is 30.9 Å². The van der Waals surface area contributed by atoms with Crippen molar-refractivity contribution in [2.45, 2.75) is 19.8 Å². The van der Waals surface area contributed by atoms with Gasteiger partial charge in [-0.1, -0.05) is 19.8 Å². The summed E-state index contributed by atoms with van der Waals surface area (Å²) in [6.07, 6.45) is 5.28. The largest absolute Gasteiger partial charge is 0.508 e. The molecule has 1 aromatic rings. The molecule has 0 saturated carbocycles. The Bertz CT molecular complexity index is 372. The maximum atomic E-state index is 9.66. The smallest absolute Gasteiger partial charge is 0.135 e. The summed E-state index contributed by atoms with van der Waals surface area (Å²) in [6, 6.07) is 3.35. The van der Waals surface area contributed by atoms with Crippen LogP contribution in [0.2, 0.25) is 0 Å². The van der Waals surface area contributed by atoms with Crippen molar-refractivity contribution >= 4 is 0 Å². The molecule has 1 aromatic carbocycles. The second-order valence-electron chi connectivity index (χ2n) is 3.41. The fourth-order valence-electron chi connectivity index (χ4n) is 1.33. The number of phenols is 1. The number of terminal acetylenes is 1. The third-order valence-electron chi connectivity index (χ3n) is 2.13. The van der Waals surface area contributed by atoms with Crippen molar-refractivity contribution in [1.29, 1.82) is 0 Å². The number of rotatable bonds is 2. The van der Waals surface area contributed by atoms with E-state index in [2.05, 4.69) is 5.92 Å². The summed E-state index contributed by atoms with van der Waals surface area (Å²) < 4.78 is 5.13. The van der Waals surface area contributed by atoms with E-state index in [0.717, 1.165) is 5.56 Å². The quantitative estimate of drug-likeness (QED) is 0.726. The minimum absolute atomic E-state index is 0.230. The van der Waals surface area contributed by atoms with E-state index in [1.54, 1.807) is 19.2 Å². The highest BCUT2D eigenvalue weighted by atomic mass is 16.5. The molecule has 1 N–H and O–H groups in total. The lowest BCUT2D eigenvalue weighted by Gasteiger charge is -2.11. The molecule has 0 bridgehead atoms. The summed E-state index contributed by atoms with van der Waals surface area (Å²) in [5, 5.41) is 9.66. The monoisotopic (exact) mass is 190 g/mol. The molecule has 0 amide bonds. The molecule has 74 valence electrons. The number of ether oxygens (including phenoxy) is 1. The van der Waals surface area contributed by atoms with Crippen molar-refractivity contribution < 1.29 is 9.84 Å². The van der Waals surface area contributed by atoms with Crippen LogP contribution >= 0.6 is 0 Å². The lowest BCUT2D eigenvalue weighted by Crippen LogP contribution is -1.93. The summed E-state index contributed by atoms with van der Waals surface area (Å²) in [7, 11) is 1.57. The molecule has 0 aliphatic rings. The first-order chi connectivity index (χ1) is 6.60. The van der Waals surface area contributed by atoms with Crippen molar-refractivity contribution in [3.05, 3.63) is 23.3 Å². The highest BCUT2D eigenvalue weighted by Crippen LogP contribution is 2.32. The minimum Gasteiger partial charge on any atom is -0.508 e. The van der Waals surface area contributed by atoms with Gasteiger partial charge in [0.2, 0.25) is 0 Å². The molecular formula is C12H14O2. The number of methoxy groups -OCH3 is 1. The molecule has 0 heterocycles. The van der Waals surface area contributed by atoms with Gasteiger partial charge in [-0.15, -0.1) is 6.42 Å². The zero-order valence-corrected chi connectivity index (χ0v) is 8.66. The van der Waals surface area contributed by atoms with Gasteiger partial charge in [-0.2, -0.15) is 0 Å². The van der Waals surface area contributed by atoms with Crippen molar-refractivity contribution in [1.82, 2.24) is 0 Å². The molecular weight excluding hydrogens is 176 g/mol. The predicted molar refractivity (Wildman–Crippen MR) is 56.7 cm³/mol. The van der Waals surface area contributed by atoms with Crippen molar-refractivity contribution in [2.24, 2.45) is 0 Å². The minimum atomic E-state index is 0.230. The van der Waals surface area contributed by atoms with Crippen LogP contribution < -0.4 is 4.74 Å². The van der Waals surface area contributed by atoms with Crippen LogP contribution in [0.3, 0.4) is 0 Å². The maximum absolute atomic E-state index is 9.66. The topological polar surface area (TPSA) is 29.5 Å².